The summed E-state index contributed by atoms with van der Waals surface area (Å²) in [6.45, 7) is 5.93. The predicted molar refractivity (Wildman–Crippen MR) is 81.0 cm³/mol. The molecule has 0 unspecified atom stereocenters. The molecule has 1 aromatic heterocycles. The Morgan fingerprint density at radius 3 is 1.90 bits per heavy atom. The van der Waals surface area contributed by atoms with E-state index in [2.05, 4.69) is 0 Å². The Balaban J connectivity index is 3.66. The minimum Gasteiger partial charge on any atom is -0.300 e. The van der Waals surface area contributed by atoms with Crippen LogP contribution in [0.5, 0.6) is 0 Å². The summed E-state index contributed by atoms with van der Waals surface area (Å²) >= 11 is 0. The van der Waals surface area contributed by atoms with Crippen LogP contribution in [0.25, 0.3) is 0 Å². The van der Waals surface area contributed by atoms with Crippen molar-refractivity contribution in [3.8, 4) is 0 Å². The van der Waals surface area contributed by atoms with Gasteiger partial charge in [-0.15, -0.1) is 0 Å². The smallest absolute Gasteiger partial charge is 0.300 e. The van der Waals surface area contributed by atoms with Crippen LogP contribution in [0.4, 0.5) is 0 Å². The number of hydrogen-bond donors (Lipinski definition) is 0. The van der Waals surface area contributed by atoms with Crippen molar-refractivity contribution in [1.82, 2.24) is 13.4 Å². The summed E-state index contributed by atoms with van der Waals surface area (Å²) < 4.78 is 28.9. The molecule has 0 saturated carbocycles. The molecule has 1 aromatic rings. The molecule has 0 atom stereocenters. The lowest BCUT2D eigenvalue weighted by molar-refractivity contribution is 0.407. The Bertz CT molecular complexity index is 725. The van der Waals surface area contributed by atoms with Crippen LogP contribution < -0.4 is 11.2 Å². The Morgan fingerprint density at radius 1 is 1.00 bits per heavy atom. The summed E-state index contributed by atoms with van der Waals surface area (Å²) in [5, 5.41) is 0. The molecule has 0 N–H and O–H groups in total. The average Bonchev–Trinajstić information content (AvgIpc) is 2.42. The van der Waals surface area contributed by atoms with Gasteiger partial charge in [-0.1, -0.05) is 13.8 Å². The van der Waals surface area contributed by atoms with Gasteiger partial charge in [0.2, 0.25) is 10.0 Å². The fourth-order valence-corrected chi connectivity index (χ4v) is 4.16. The van der Waals surface area contributed by atoms with E-state index in [0.29, 0.717) is 25.9 Å². The molecule has 120 valence electrons. The van der Waals surface area contributed by atoms with Crippen molar-refractivity contribution >= 4 is 10.0 Å². The number of nitrogens with zero attached hydrogens (tertiary/aromatic N) is 3. The largest absolute Gasteiger partial charge is 0.330 e. The second-order valence-electron chi connectivity index (χ2n) is 5.02. The van der Waals surface area contributed by atoms with Crippen molar-refractivity contribution in [3.05, 3.63) is 26.5 Å². The van der Waals surface area contributed by atoms with Gasteiger partial charge < -0.3 is 0 Å². The maximum atomic E-state index is 12.8. The molecule has 7 nitrogen and oxygen atoms in total. The van der Waals surface area contributed by atoms with E-state index in [9.17, 15) is 18.0 Å². The number of hydrogen-bond acceptors (Lipinski definition) is 4. The quantitative estimate of drug-likeness (QED) is 0.751. The van der Waals surface area contributed by atoms with E-state index in [-0.39, 0.29) is 10.6 Å². The topological polar surface area (TPSA) is 81.4 Å². The highest BCUT2D eigenvalue weighted by Gasteiger charge is 2.30. The second kappa shape index (κ2) is 6.57. The standard InChI is InChI=1S/C13H23N3O4S/c1-6-8-16(9-7-2)21(19,20)11-10(3)14(4)13(18)15(5)12(11)17/h6-9H2,1-5H3. The van der Waals surface area contributed by atoms with E-state index in [1.54, 1.807) is 0 Å². The average molecular weight is 317 g/mol. The third kappa shape index (κ3) is 3.11. The minimum absolute atomic E-state index is 0.167. The lowest BCUT2D eigenvalue weighted by Crippen LogP contribution is -2.44. The van der Waals surface area contributed by atoms with Crippen molar-refractivity contribution in [1.29, 1.82) is 0 Å². The van der Waals surface area contributed by atoms with Gasteiger partial charge in [0.15, 0.2) is 4.90 Å². The zero-order chi connectivity index (χ0) is 16.4. The van der Waals surface area contributed by atoms with Gasteiger partial charge in [-0.25, -0.2) is 13.2 Å². The molecule has 0 aliphatic heterocycles. The molecule has 1 rings (SSSR count). The fraction of sp³-hybridized carbons (Fsp3) is 0.692. The normalized spacial score (nSPS) is 12.1. The minimum atomic E-state index is -3.91. The molecule has 1 heterocycles. The maximum Gasteiger partial charge on any atom is 0.330 e. The van der Waals surface area contributed by atoms with E-state index in [0.717, 1.165) is 4.57 Å². The van der Waals surface area contributed by atoms with E-state index >= 15 is 0 Å². The van der Waals surface area contributed by atoms with Gasteiger partial charge in [0, 0.05) is 32.9 Å². The van der Waals surface area contributed by atoms with Crippen molar-refractivity contribution < 1.29 is 8.42 Å². The molecule has 21 heavy (non-hydrogen) atoms. The first kappa shape index (κ1) is 17.6. The number of sulfonamides is 1. The first-order chi connectivity index (χ1) is 9.69. The molecular formula is C13H23N3O4S. The van der Waals surface area contributed by atoms with Crippen LogP contribution in [0, 0.1) is 6.92 Å². The second-order valence-corrected chi connectivity index (χ2v) is 6.90. The summed E-state index contributed by atoms with van der Waals surface area (Å²) in [6.07, 6.45) is 1.31. The van der Waals surface area contributed by atoms with E-state index in [1.165, 1.54) is 29.9 Å². The lowest BCUT2D eigenvalue weighted by atomic mass is 10.4. The summed E-state index contributed by atoms with van der Waals surface area (Å²) in [5.41, 5.74) is -1.14. The van der Waals surface area contributed by atoms with E-state index in [1.807, 2.05) is 13.8 Å². The number of rotatable bonds is 6. The van der Waals surface area contributed by atoms with Crippen molar-refractivity contribution in [2.75, 3.05) is 13.1 Å². The van der Waals surface area contributed by atoms with Crippen molar-refractivity contribution in [2.24, 2.45) is 14.1 Å². The molecule has 0 aliphatic carbocycles. The molecule has 0 aliphatic rings. The SMILES string of the molecule is CCCN(CCC)S(=O)(=O)c1c(C)n(C)c(=O)n(C)c1=O. The molecule has 0 saturated heterocycles. The van der Waals surface area contributed by atoms with Gasteiger partial charge in [0.05, 0.1) is 0 Å². The Hall–Kier alpha value is -1.41. The Kier molecular flexibility index (Phi) is 5.52. The summed E-state index contributed by atoms with van der Waals surface area (Å²) in [5.74, 6) is 0. The van der Waals surface area contributed by atoms with Gasteiger partial charge in [0.1, 0.15) is 0 Å². The number of aromatic nitrogens is 2. The Morgan fingerprint density at radius 2 is 1.48 bits per heavy atom. The highest BCUT2D eigenvalue weighted by atomic mass is 32.2. The first-order valence-electron chi connectivity index (χ1n) is 6.96. The molecule has 8 heteroatoms. The summed E-state index contributed by atoms with van der Waals surface area (Å²) in [4.78, 5) is 23.8. The van der Waals surface area contributed by atoms with Gasteiger partial charge in [-0.2, -0.15) is 4.31 Å². The fourth-order valence-electron chi connectivity index (χ4n) is 2.19. The van der Waals surface area contributed by atoms with Crippen LogP contribution >= 0.6 is 0 Å². The van der Waals surface area contributed by atoms with Gasteiger partial charge in [-0.05, 0) is 19.8 Å². The molecule has 0 radical (unpaired) electrons. The Labute approximate surface area is 124 Å². The van der Waals surface area contributed by atoms with Crippen molar-refractivity contribution in [2.45, 2.75) is 38.5 Å². The van der Waals surface area contributed by atoms with E-state index < -0.39 is 21.3 Å². The molecular weight excluding hydrogens is 294 g/mol. The van der Waals surface area contributed by atoms with Crippen molar-refractivity contribution in [3.63, 3.8) is 0 Å². The van der Waals surface area contributed by atoms with Gasteiger partial charge >= 0.3 is 5.69 Å². The summed E-state index contributed by atoms with van der Waals surface area (Å²) in [6, 6.07) is 0. The molecule has 0 aromatic carbocycles. The van der Waals surface area contributed by atoms with Crippen LogP contribution in [0.3, 0.4) is 0 Å². The third-order valence-electron chi connectivity index (χ3n) is 3.45. The molecule has 0 fully saturated rings. The highest BCUT2D eigenvalue weighted by Crippen LogP contribution is 2.15. The molecule has 0 bridgehead atoms. The van der Waals surface area contributed by atoms with Gasteiger partial charge in [0.25, 0.3) is 5.56 Å². The summed E-state index contributed by atoms with van der Waals surface area (Å²) in [7, 11) is -1.16. The van der Waals surface area contributed by atoms with Crippen LogP contribution in [-0.2, 0) is 24.1 Å². The lowest BCUT2D eigenvalue weighted by Gasteiger charge is -2.22. The zero-order valence-corrected chi connectivity index (χ0v) is 14.0. The first-order valence-corrected chi connectivity index (χ1v) is 8.40. The molecule has 0 spiro atoms. The van der Waals surface area contributed by atoms with Crippen LogP contribution in [0.2, 0.25) is 0 Å². The maximum absolute atomic E-state index is 12.8. The molecule has 0 amide bonds. The van der Waals surface area contributed by atoms with Crippen LogP contribution in [0.15, 0.2) is 14.5 Å². The van der Waals surface area contributed by atoms with E-state index in [4.69, 9.17) is 0 Å². The van der Waals surface area contributed by atoms with Crippen LogP contribution in [0.1, 0.15) is 32.4 Å². The van der Waals surface area contributed by atoms with Crippen LogP contribution in [-0.4, -0.2) is 34.9 Å². The predicted octanol–water partition coefficient (Wildman–Crippen LogP) is 0.203. The highest BCUT2D eigenvalue weighted by molar-refractivity contribution is 7.89. The monoisotopic (exact) mass is 317 g/mol. The third-order valence-corrected chi connectivity index (χ3v) is 5.48. The van der Waals surface area contributed by atoms with Gasteiger partial charge in [-0.3, -0.25) is 13.9 Å². The zero-order valence-electron chi connectivity index (χ0n) is 13.2.